The Morgan fingerprint density at radius 1 is 1.30 bits per heavy atom. The van der Waals surface area contributed by atoms with E-state index in [0.717, 1.165) is 16.9 Å². The van der Waals surface area contributed by atoms with Crippen molar-refractivity contribution in [1.29, 1.82) is 0 Å². The van der Waals surface area contributed by atoms with Crippen LogP contribution in [0.25, 0.3) is 0 Å². The fourth-order valence-corrected chi connectivity index (χ4v) is 2.25. The monoisotopic (exact) mass is 269 g/mol. The second kappa shape index (κ2) is 5.21. The van der Waals surface area contributed by atoms with Crippen molar-refractivity contribution in [2.24, 2.45) is 0 Å². The van der Waals surface area contributed by atoms with Gasteiger partial charge in [-0.15, -0.1) is 0 Å². The summed E-state index contributed by atoms with van der Waals surface area (Å²) in [4.78, 5) is 18.2. The molecule has 0 spiro atoms. The molecule has 1 N–H and O–H groups in total. The molecule has 5 heteroatoms. The van der Waals surface area contributed by atoms with E-state index in [4.69, 9.17) is 4.74 Å². The maximum Gasteiger partial charge on any atom is 0.322 e. The average molecular weight is 269 g/mol. The van der Waals surface area contributed by atoms with Crippen molar-refractivity contribution < 1.29 is 9.53 Å². The van der Waals surface area contributed by atoms with Crippen molar-refractivity contribution in [1.82, 2.24) is 9.88 Å². The van der Waals surface area contributed by atoms with Crippen LogP contribution in [0.3, 0.4) is 0 Å². The van der Waals surface area contributed by atoms with E-state index < -0.39 is 0 Å². The molecule has 102 valence electrons. The SMILES string of the molecule is COc1cccc(NC(=O)N2Cc3cccnc3C2)c1. The first-order chi connectivity index (χ1) is 9.76. The first-order valence-electron chi connectivity index (χ1n) is 6.39. The smallest absolute Gasteiger partial charge is 0.322 e. The molecule has 3 rings (SSSR count). The largest absolute Gasteiger partial charge is 0.497 e. The van der Waals surface area contributed by atoms with Gasteiger partial charge >= 0.3 is 6.03 Å². The van der Waals surface area contributed by atoms with E-state index >= 15 is 0 Å². The summed E-state index contributed by atoms with van der Waals surface area (Å²) >= 11 is 0. The number of rotatable bonds is 2. The van der Waals surface area contributed by atoms with E-state index in [1.54, 1.807) is 24.3 Å². The molecule has 2 aromatic rings. The summed E-state index contributed by atoms with van der Waals surface area (Å²) in [5, 5.41) is 2.87. The number of urea groups is 1. The molecule has 2 heterocycles. The quantitative estimate of drug-likeness (QED) is 0.911. The highest BCUT2D eigenvalue weighted by atomic mass is 16.5. The first-order valence-corrected chi connectivity index (χ1v) is 6.39. The molecule has 0 unspecified atom stereocenters. The van der Waals surface area contributed by atoms with Gasteiger partial charge in [0.2, 0.25) is 0 Å². The fraction of sp³-hybridized carbons (Fsp3) is 0.200. The fourth-order valence-electron chi connectivity index (χ4n) is 2.25. The molecular formula is C15H15N3O2. The molecule has 20 heavy (non-hydrogen) atoms. The molecular weight excluding hydrogens is 254 g/mol. The Morgan fingerprint density at radius 3 is 3.00 bits per heavy atom. The van der Waals surface area contributed by atoms with E-state index in [2.05, 4.69) is 10.3 Å². The van der Waals surface area contributed by atoms with Gasteiger partial charge in [-0.25, -0.2) is 4.79 Å². The van der Waals surface area contributed by atoms with Gasteiger partial charge in [-0.05, 0) is 23.8 Å². The Hall–Kier alpha value is -2.56. The van der Waals surface area contributed by atoms with E-state index in [-0.39, 0.29) is 6.03 Å². The number of hydrogen-bond acceptors (Lipinski definition) is 3. The third kappa shape index (κ3) is 2.42. The molecule has 0 atom stereocenters. The summed E-state index contributed by atoms with van der Waals surface area (Å²) in [6.07, 6.45) is 1.75. The van der Waals surface area contributed by atoms with Gasteiger partial charge in [0.05, 0.1) is 19.3 Å². The summed E-state index contributed by atoms with van der Waals surface area (Å²) in [6, 6.07) is 11.1. The van der Waals surface area contributed by atoms with Gasteiger partial charge in [-0.3, -0.25) is 4.98 Å². The molecule has 5 nitrogen and oxygen atoms in total. The van der Waals surface area contributed by atoms with Gasteiger partial charge < -0.3 is 15.0 Å². The van der Waals surface area contributed by atoms with Crippen LogP contribution < -0.4 is 10.1 Å². The van der Waals surface area contributed by atoms with Crippen LogP contribution in [0.5, 0.6) is 5.75 Å². The van der Waals surface area contributed by atoms with Gasteiger partial charge in [0.1, 0.15) is 5.75 Å². The van der Waals surface area contributed by atoms with Gasteiger partial charge in [-0.2, -0.15) is 0 Å². The summed E-state index contributed by atoms with van der Waals surface area (Å²) in [6.45, 7) is 1.14. The lowest BCUT2D eigenvalue weighted by atomic mass is 10.2. The highest BCUT2D eigenvalue weighted by Gasteiger charge is 2.23. The Labute approximate surface area is 117 Å². The minimum Gasteiger partial charge on any atom is -0.497 e. The first kappa shape index (κ1) is 12.5. The van der Waals surface area contributed by atoms with Crippen molar-refractivity contribution >= 4 is 11.7 Å². The molecule has 1 aliphatic heterocycles. The molecule has 1 aromatic carbocycles. The number of fused-ring (bicyclic) bond motifs is 1. The highest BCUT2D eigenvalue weighted by Crippen LogP contribution is 2.22. The number of carbonyl (C=O) groups excluding carboxylic acids is 1. The van der Waals surface area contributed by atoms with Crippen molar-refractivity contribution in [3.8, 4) is 5.75 Å². The number of nitrogens with zero attached hydrogens (tertiary/aromatic N) is 2. The van der Waals surface area contributed by atoms with Crippen molar-refractivity contribution in [2.45, 2.75) is 13.1 Å². The summed E-state index contributed by atoms with van der Waals surface area (Å²) in [5.41, 5.74) is 2.79. The summed E-state index contributed by atoms with van der Waals surface area (Å²) in [7, 11) is 1.60. The number of aromatic nitrogens is 1. The van der Waals surface area contributed by atoms with Crippen LogP contribution in [0.1, 0.15) is 11.3 Å². The number of ether oxygens (including phenoxy) is 1. The number of methoxy groups -OCH3 is 1. The van der Waals surface area contributed by atoms with Crippen molar-refractivity contribution in [2.75, 3.05) is 12.4 Å². The van der Waals surface area contributed by atoms with Gasteiger partial charge in [0.25, 0.3) is 0 Å². The summed E-state index contributed by atoms with van der Waals surface area (Å²) < 4.78 is 5.14. The lowest BCUT2D eigenvalue weighted by Crippen LogP contribution is -2.30. The Balaban J connectivity index is 1.69. The summed E-state index contributed by atoms with van der Waals surface area (Å²) in [5.74, 6) is 0.717. The minimum atomic E-state index is -0.128. The normalized spacial score (nSPS) is 12.9. The van der Waals surface area contributed by atoms with Crippen molar-refractivity contribution in [3.05, 3.63) is 53.9 Å². The average Bonchev–Trinajstić information content (AvgIpc) is 2.91. The lowest BCUT2D eigenvalue weighted by molar-refractivity contribution is 0.212. The van der Waals surface area contributed by atoms with Crippen molar-refractivity contribution in [3.63, 3.8) is 0 Å². The number of anilines is 1. The predicted molar refractivity (Wildman–Crippen MR) is 75.5 cm³/mol. The van der Waals surface area contributed by atoms with E-state index in [9.17, 15) is 4.79 Å². The van der Waals surface area contributed by atoms with Crippen LogP contribution in [-0.4, -0.2) is 23.0 Å². The predicted octanol–water partition coefficient (Wildman–Crippen LogP) is 2.64. The molecule has 1 aromatic heterocycles. The van der Waals surface area contributed by atoms with Gasteiger partial charge in [0.15, 0.2) is 0 Å². The molecule has 1 aliphatic rings. The molecule has 0 saturated heterocycles. The van der Waals surface area contributed by atoms with Crippen LogP contribution in [0.2, 0.25) is 0 Å². The number of pyridine rings is 1. The molecule has 0 fully saturated rings. The maximum atomic E-state index is 12.2. The van der Waals surface area contributed by atoms with Crippen LogP contribution in [0.15, 0.2) is 42.6 Å². The third-order valence-electron chi connectivity index (χ3n) is 3.29. The standard InChI is InChI=1S/C15H15N3O2/c1-20-13-6-2-5-12(8-13)17-15(19)18-9-11-4-3-7-16-14(11)10-18/h2-8H,9-10H2,1H3,(H,17,19). The second-order valence-corrected chi connectivity index (χ2v) is 4.63. The van der Waals surface area contributed by atoms with E-state index in [1.165, 1.54) is 0 Å². The van der Waals surface area contributed by atoms with Crippen LogP contribution in [0.4, 0.5) is 10.5 Å². The zero-order valence-corrected chi connectivity index (χ0v) is 11.2. The number of benzene rings is 1. The topological polar surface area (TPSA) is 54.5 Å². The molecule has 0 saturated carbocycles. The highest BCUT2D eigenvalue weighted by molar-refractivity contribution is 5.89. The zero-order valence-electron chi connectivity index (χ0n) is 11.2. The Bertz CT molecular complexity index is 618. The molecule has 2 amide bonds. The lowest BCUT2D eigenvalue weighted by Gasteiger charge is -2.16. The number of hydrogen-bond donors (Lipinski definition) is 1. The molecule has 0 bridgehead atoms. The van der Waals surface area contributed by atoms with Crippen LogP contribution in [-0.2, 0) is 13.1 Å². The van der Waals surface area contributed by atoms with E-state index in [1.807, 2.05) is 30.3 Å². The molecule has 0 radical (unpaired) electrons. The minimum absolute atomic E-state index is 0.128. The van der Waals surface area contributed by atoms with Crippen LogP contribution >= 0.6 is 0 Å². The van der Waals surface area contributed by atoms with Gasteiger partial charge in [0, 0.05) is 24.5 Å². The maximum absolute atomic E-state index is 12.2. The third-order valence-corrected chi connectivity index (χ3v) is 3.29. The van der Waals surface area contributed by atoms with Gasteiger partial charge in [-0.1, -0.05) is 12.1 Å². The van der Waals surface area contributed by atoms with E-state index in [0.29, 0.717) is 18.8 Å². The zero-order chi connectivity index (χ0) is 13.9. The number of carbonyl (C=O) groups is 1. The van der Waals surface area contributed by atoms with Crippen LogP contribution in [0, 0.1) is 0 Å². The Morgan fingerprint density at radius 2 is 2.20 bits per heavy atom. The molecule has 0 aliphatic carbocycles. The number of nitrogens with one attached hydrogen (secondary N) is 1. The second-order valence-electron chi connectivity index (χ2n) is 4.63. The Kier molecular flexibility index (Phi) is 3.25. The number of amides is 2.